The maximum atomic E-state index is 9.85. The van der Waals surface area contributed by atoms with Crippen molar-refractivity contribution >= 4 is 11.6 Å². The highest BCUT2D eigenvalue weighted by molar-refractivity contribution is 6.21. The van der Waals surface area contributed by atoms with E-state index in [1.54, 1.807) is 0 Å². The molecule has 0 amide bonds. The van der Waals surface area contributed by atoms with Gasteiger partial charge in [0.2, 0.25) is 0 Å². The molecule has 2 bridgehead atoms. The average molecular weight is 205 g/mol. The fourth-order valence-electron chi connectivity index (χ4n) is 2.64. The van der Waals surface area contributed by atoms with Crippen LogP contribution in [0.25, 0.3) is 0 Å². The number of aliphatic hydroxyl groups is 1. The molecule has 4 unspecified atom stereocenters. The summed E-state index contributed by atoms with van der Waals surface area (Å²) in [6.07, 6.45) is 1.39. The van der Waals surface area contributed by atoms with E-state index in [1.165, 1.54) is 0 Å². The van der Waals surface area contributed by atoms with Gasteiger partial charge in [-0.25, -0.2) is 0 Å². The minimum Gasteiger partial charge on any atom is -0.390 e. The van der Waals surface area contributed by atoms with Crippen molar-refractivity contribution in [3.05, 3.63) is 0 Å². The lowest BCUT2D eigenvalue weighted by molar-refractivity contribution is -0.270. The maximum absolute atomic E-state index is 9.85. The summed E-state index contributed by atoms with van der Waals surface area (Å²) < 4.78 is 5.90. The Hall–Kier alpha value is 0.210. The molecule has 0 aromatic rings. The topological polar surface area (TPSA) is 29.5 Å². The second kappa shape index (κ2) is 2.62. The van der Waals surface area contributed by atoms with E-state index in [1.807, 2.05) is 6.92 Å². The number of hydrogen-bond acceptors (Lipinski definition) is 2. The summed E-state index contributed by atoms with van der Waals surface area (Å²) in [4.78, 5) is 0. The van der Waals surface area contributed by atoms with Crippen molar-refractivity contribution in [1.82, 2.24) is 0 Å². The second-order valence-corrected chi connectivity index (χ2v) is 5.57. The van der Waals surface area contributed by atoms with Crippen molar-refractivity contribution in [3.8, 4) is 0 Å². The molecule has 0 spiro atoms. The molecule has 3 heteroatoms. The number of halogens is 1. The van der Waals surface area contributed by atoms with E-state index in [9.17, 15) is 5.11 Å². The van der Waals surface area contributed by atoms with Crippen LogP contribution in [0.15, 0.2) is 0 Å². The summed E-state index contributed by atoms with van der Waals surface area (Å²) in [5.41, 5.74) is -0.667. The van der Waals surface area contributed by atoms with Gasteiger partial charge in [0.1, 0.15) is 5.60 Å². The zero-order valence-corrected chi connectivity index (χ0v) is 9.14. The molecule has 2 nitrogen and oxygen atoms in total. The molecule has 1 aliphatic carbocycles. The lowest BCUT2D eigenvalue weighted by Crippen LogP contribution is -2.66. The van der Waals surface area contributed by atoms with Crippen molar-refractivity contribution in [1.29, 1.82) is 0 Å². The third kappa shape index (κ3) is 1.23. The maximum Gasteiger partial charge on any atom is 0.108 e. The van der Waals surface area contributed by atoms with Gasteiger partial charge in [-0.2, -0.15) is 0 Å². The summed E-state index contributed by atoms with van der Waals surface area (Å²) in [6, 6.07) is 0. The third-order valence-electron chi connectivity index (χ3n) is 3.75. The van der Waals surface area contributed by atoms with Crippen LogP contribution in [0, 0.1) is 5.92 Å². The van der Waals surface area contributed by atoms with Gasteiger partial charge in [0.05, 0.1) is 17.1 Å². The van der Waals surface area contributed by atoms with E-state index in [2.05, 4.69) is 13.8 Å². The van der Waals surface area contributed by atoms with Gasteiger partial charge in [-0.3, -0.25) is 0 Å². The molecule has 2 saturated heterocycles. The molecule has 4 atom stereocenters. The highest BCUT2D eigenvalue weighted by Gasteiger charge is 2.58. The number of aliphatic hydroxyl groups excluding tert-OH is 1. The number of hydrogen-bond donors (Lipinski definition) is 1. The van der Waals surface area contributed by atoms with E-state index in [0.29, 0.717) is 5.92 Å². The van der Waals surface area contributed by atoms with Gasteiger partial charge in [-0.05, 0) is 39.5 Å². The first-order chi connectivity index (χ1) is 5.86. The highest BCUT2D eigenvalue weighted by Crippen LogP contribution is 2.51. The normalized spacial score (nSPS) is 53.8. The van der Waals surface area contributed by atoms with Gasteiger partial charge in [-0.15, -0.1) is 11.6 Å². The van der Waals surface area contributed by atoms with Crippen molar-refractivity contribution in [2.24, 2.45) is 5.92 Å². The summed E-state index contributed by atoms with van der Waals surface area (Å²) >= 11 is 6.19. The van der Waals surface area contributed by atoms with Crippen molar-refractivity contribution < 1.29 is 9.84 Å². The number of ether oxygens (including phenoxy) is 1. The Labute approximate surface area is 84.2 Å². The van der Waals surface area contributed by atoms with Crippen LogP contribution in [0.3, 0.4) is 0 Å². The Morgan fingerprint density at radius 3 is 2.38 bits per heavy atom. The smallest absolute Gasteiger partial charge is 0.108 e. The molecule has 0 aromatic carbocycles. The zero-order chi connectivity index (χ0) is 9.85. The van der Waals surface area contributed by atoms with Gasteiger partial charge < -0.3 is 9.84 Å². The number of alkyl halides is 1. The van der Waals surface area contributed by atoms with E-state index >= 15 is 0 Å². The predicted molar refractivity (Wildman–Crippen MR) is 51.9 cm³/mol. The van der Waals surface area contributed by atoms with Crippen LogP contribution in [0.1, 0.15) is 33.6 Å². The zero-order valence-electron chi connectivity index (χ0n) is 8.38. The molecule has 3 aliphatic rings. The first kappa shape index (κ1) is 9.75. The molecular weight excluding hydrogens is 188 g/mol. The molecule has 0 aromatic heterocycles. The first-order valence-electron chi connectivity index (χ1n) is 4.88. The summed E-state index contributed by atoms with van der Waals surface area (Å²) in [5.74, 6) is 0.395. The van der Waals surface area contributed by atoms with Gasteiger partial charge in [0.25, 0.3) is 0 Å². The number of rotatable bonds is 0. The molecule has 1 saturated carbocycles. The largest absolute Gasteiger partial charge is 0.390 e. The number of fused-ring (bicyclic) bond motifs is 3. The summed E-state index contributed by atoms with van der Waals surface area (Å²) in [7, 11) is 0. The van der Waals surface area contributed by atoms with E-state index in [-0.39, 0.29) is 11.0 Å². The summed E-state index contributed by atoms with van der Waals surface area (Å²) in [6.45, 7) is 6.10. The first-order valence-corrected chi connectivity index (χ1v) is 5.32. The SMILES string of the molecule is CC1(C)OC2(C)C(O)CC1CC2Cl. The standard InChI is InChI=1S/C10H17ClO2/c1-9(2)6-4-7(11)10(3,13-9)8(12)5-6/h6-8,12H,4-5H2,1-3H3. The Bertz CT molecular complexity index is 215. The van der Waals surface area contributed by atoms with Crippen LogP contribution < -0.4 is 0 Å². The lowest BCUT2D eigenvalue weighted by atomic mass is 9.67. The molecule has 0 radical (unpaired) electrons. The molecule has 3 fully saturated rings. The lowest BCUT2D eigenvalue weighted by Gasteiger charge is -2.58. The Balaban J connectivity index is 2.32. The Kier molecular flexibility index (Phi) is 1.96. The monoisotopic (exact) mass is 204 g/mol. The van der Waals surface area contributed by atoms with Crippen molar-refractivity contribution in [3.63, 3.8) is 0 Å². The predicted octanol–water partition coefficient (Wildman–Crippen LogP) is 1.93. The molecule has 76 valence electrons. The molecule has 3 rings (SSSR count). The van der Waals surface area contributed by atoms with Crippen LogP contribution in [0.2, 0.25) is 0 Å². The quantitative estimate of drug-likeness (QED) is 0.611. The van der Waals surface area contributed by atoms with Crippen LogP contribution in [-0.2, 0) is 4.74 Å². The highest BCUT2D eigenvalue weighted by atomic mass is 35.5. The summed E-state index contributed by atoms with van der Waals surface area (Å²) in [5, 5.41) is 9.80. The van der Waals surface area contributed by atoms with Crippen LogP contribution in [0.5, 0.6) is 0 Å². The molecule has 2 heterocycles. The third-order valence-corrected chi connectivity index (χ3v) is 4.36. The Morgan fingerprint density at radius 1 is 1.31 bits per heavy atom. The molecule has 13 heavy (non-hydrogen) atoms. The van der Waals surface area contributed by atoms with E-state index < -0.39 is 11.7 Å². The van der Waals surface area contributed by atoms with E-state index in [4.69, 9.17) is 16.3 Å². The van der Waals surface area contributed by atoms with Crippen LogP contribution >= 0.6 is 11.6 Å². The molecular formula is C10H17ClO2. The second-order valence-electron chi connectivity index (χ2n) is 5.04. The minimum atomic E-state index is -0.542. The van der Waals surface area contributed by atoms with Crippen molar-refractivity contribution in [2.45, 2.75) is 56.3 Å². The van der Waals surface area contributed by atoms with Gasteiger partial charge >= 0.3 is 0 Å². The average Bonchev–Trinajstić information content (AvgIpc) is 1.96. The van der Waals surface area contributed by atoms with Crippen LogP contribution in [-0.4, -0.2) is 27.8 Å². The van der Waals surface area contributed by atoms with Gasteiger partial charge in [-0.1, -0.05) is 0 Å². The fourth-order valence-corrected chi connectivity index (χ4v) is 3.05. The van der Waals surface area contributed by atoms with Gasteiger partial charge in [0, 0.05) is 0 Å². The van der Waals surface area contributed by atoms with Crippen LogP contribution in [0.4, 0.5) is 0 Å². The minimum absolute atomic E-state index is 0.0470. The molecule has 1 N–H and O–H groups in total. The van der Waals surface area contributed by atoms with Gasteiger partial charge in [0.15, 0.2) is 0 Å². The molecule has 2 aliphatic heterocycles. The Morgan fingerprint density at radius 2 is 1.92 bits per heavy atom. The van der Waals surface area contributed by atoms with E-state index in [0.717, 1.165) is 12.8 Å². The fraction of sp³-hybridized carbons (Fsp3) is 1.00. The van der Waals surface area contributed by atoms with Crippen molar-refractivity contribution in [2.75, 3.05) is 0 Å².